The zero-order valence-corrected chi connectivity index (χ0v) is 10.9. The van der Waals surface area contributed by atoms with Crippen molar-refractivity contribution in [2.45, 2.75) is 51.6 Å². The van der Waals surface area contributed by atoms with Gasteiger partial charge in [0.15, 0.2) is 0 Å². The van der Waals surface area contributed by atoms with Crippen molar-refractivity contribution in [2.24, 2.45) is 11.8 Å². The van der Waals surface area contributed by atoms with Crippen molar-refractivity contribution in [1.82, 2.24) is 5.32 Å². The Morgan fingerprint density at radius 1 is 1.06 bits per heavy atom. The molecular formula is C16H23N. The van der Waals surface area contributed by atoms with E-state index in [1.807, 2.05) is 0 Å². The van der Waals surface area contributed by atoms with Crippen LogP contribution in [-0.2, 0) is 0 Å². The molecular weight excluding hydrogens is 206 g/mol. The van der Waals surface area contributed by atoms with Gasteiger partial charge >= 0.3 is 0 Å². The van der Waals surface area contributed by atoms with Gasteiger partial charge in [0.05, 0.1) is 0 Å². The fraction of sp³-hybridized carbons (Fsp3) is 0.625. The van der Waals surface area contributed by atoms with Crippen LogP contribution in [0.2, 0.25) is 0 Å². The van der Waals surface area contributed by atoms with Crippen LogP contribution in [0.25, 0.3) is 0 Å². The molecule has 0 bridgehead atoms. The van der Waals surface area contributed by atoms with Crippen LogP contribution >= 0.6 is 0 Å². The minimum Gasteiger partial charge on any atom is -0.307 e. The summed E-state index contributed by atoms with van der Waals surface area (Å²) >= 11 is 0. The highest BCUT2D eigenvalue weighted by Gasteiger charge is 2.41. The molecule has 1 heteroatoms. The predicted octanol–water partition coefficient (Wildman–Crippen LogP) is 3.83. The monoisotopic (exact) mass is 229 g/mol. The maximum atomic E-state index is 3.90. The first kappa shape index (κ1) is 11.3. The molecule has 0 unspecified atom stereocenters. The molecule has 1 aromatic carbocycles. The molecule has 92 valence electrons. The molecule has 0 aromatic heterocycles. The van der Waals surface area contributed by atoms with Gasteiger partial charge in [-0.2, -0.15) is 0 Å². The second-order valence-electron chi connectivity index (χ2n) is 5.95. The zero-order chi connectivity index (χ0) is 11.8. The lowest BCUT2D eigenvalue weighted by molar-refractivity contribution is 0.377. The molecule has 0 heterocycles. The van der Waals surface area contributed by atoms with Gasteiger partial charge in [0, 0.05) is 12.1 Å². The Morgan fingerprint density at radius 3 is 2.18 bits per heavy atom. The molecule has 2 saturated carbocycles. The van der Waals surface area contributed by atoms with E-state index in [0.29, 0.717) is 6.04 Å². The van der Waals surface area contributed by atoms with Crippen LogP contribution in [0.4, 0.5) is 0 Å². The predicted molar refractivity (Wildman–Crippen MR) is 72.0 cm³/mol. The summed E-state index contributed by atoms with van der Waals surface area (Å²) in [5, 5.41) is 3.90. The highest BCUT2D eigenvalue weighted by molar-refractivity contribution is 5.28. The normalized spacial score (nSPS) is 21.8. The lowest BCUT2D eigenvalue weighted by Gasteiger charge is -2.24. The molecule has 2 fully saturated rings. The van der Waals surface area contributed by atoms with Crippen molar-refractivity contribution in [3.8, 4) is 0 Å². The van der Waals surface area contributed by atoms with Crippen molar-refractivity contribution >= 4 is 0 Å². The van der Waals surface area contributed by atoms with E-state index in [2.05, 4.69) is 43.4 Å². The van der Waals surface area contributed by atoms with Crippen molar-refractivity contribution in [2.75, 3.05) is 0 Å². The second kappa shape index (κ2) is 4.45. The molecule has 0 spiro atoms. The zero-order valence-electron chi connectivity index (χ0n) is 10.9. The first-order valence-electron chi connectivity index (χ1n) is 7.07. The number of rotatable bonds is 5. The molecule has 2 aliphatic rings. The minimum atomic E-state index is 0.502. The fourth-order valence-corrected chi connectivity index (χ4v) is 3.02. The summed E-state index contributed by atoms with van der Waals surface area (Å²) < 4.78 is 0. The third kappa shape index (κ3) is 2.55. The molecule has 0 radical (unpaired) electrons. The lowest BCUT2D eigenvalue weighted by atomic mass is 9.99. The Kier molecular flexibility index (Phi) is 2.96. The van der Waals surface area contributed by atoms with Crippen LogP contribution in [0, 0.1) is 18.8 Å². The Balaban J connectivity index is 1.69. The Labute approximate surface area is 105 Å². The largest absolute Gasteiger partial charge is 0.307 e. The number of nitrogens with one attached hydrogen (secondary N) is 1. The van der Waals surface area contributed by atoms with Crippen LogP contribution in [0.5, 0.6) is 0 Å². The van der Waals surface area contributed by atoms with Gasteiger partial charge in [-0.1, -0.05) is 24.3 Å². The van der Waals surface area contributed by atoms with Crippen molar-refractivity contribution in [3.63, 3.8) is 0 Å². The van der Waals surface area contributed by atoms with Crippen molar-refractivity contribution < 1.29 is 0 Å². The van der Waals surface area contributed by atoms with Gasteiger partial charge in [0.25, 0.3) is 0 Å². The molecule has 2 aliphatic carbocycles. The Hall–Kier alpha value is -0.820. The van der Waals surface area contributed by atoms with E-state index >= 15 is 0 Å². The first-order chi connectivity index (χ1) is 8.25. The van der Waals surface area contributed by atoms with Crippen molar-refractivity contribution in [3.05, 3.63) is 35.4 Å². The molecule has 17 heavy (non-hydrogen) atoms. The molecule has 3 rings (SSSR count). The van der Waals surface area contributed by atoms with Crippen LogP contribution in [-0.4, -0.2) is 6.04 Å². The minimum absolute atomic E-state index is 0.502. The fourth-order valence-electron chi connectivity index (χ4n) is 3.02. The summed E-state index contributed by atoms with van der Waals surface area (Å²) in [5.41, 5.74) is 2.89. The molecule has 0 amide bonds. The van der Waals surface area contributed by atoms with Gasteiger partial charge < -0.3 is 5.32 Å². The molecule has 1 aromatic rings. The maximum absolute atomic E-state index is 3.90. The quantitative estimate of drug-likeness (QED) is 0.809. The Bertz CT molecular complexity index is 378. The highest BCUT2D eigenvalue weighted by atomic mass is 15.0. The van der Waals surface area contributed by atoms with Crippen LogP contribution in [0.15, 0.2) is 24.3 Å². The first-order valence-corrected chi connectivity index (χ1v) is 7.07. The van der Waals surface area contributed by atoms with Gasteiger partial charge in [-0.05, 0) is 62.5 Å². The average Bonchev–Trinajstić information content (AvgIpc) is 3.16. The average molecular weight is 229 g/mol. The second-order valence-corrected chi connectivity index (χ2v) is 5.95. The topological polar surface area (TPSA) is 12.0 Å². The molecule has 1 nitrogen and oxygen atoms in total. The van der Waals surface area contributed by atoms with Gasteiger partial charge in [-0.3, -0.25) is 0 Å². The van der Waals surface area contributed by atoms with E-state index in [-0.39, 0.29) is 0 Å². The third-order valence-corrected chi connectivity index (χ3v) is 4.36. The number of hydrogen-bond donors (Lipinski definition) is 1. The molecule has 1 N–H and O–H groups in total. The Morgan fingerprint density at radius 2 is 1.65 bits per heavy atom. The SMILES string of the molecule is Cc1ccccc1[C@@H](C)NC(C1CC1)C1CC1. The summed E-state index contributed by atoms with van der Waals surface area (Å²) in [5.74, 6) is 1.96. The lowest BCUT2D eigenvalue weighted by Crippen LogP contribution is -2.35. The smallest absolute Gasteiger partial charge is 0.0297 e. The van der Waals surface area contributed by atoms with E-state index in [4.69, 9.17) is 0 Å². The molecule has 0 aliphatic heterocycles. The van der Waals surface area contributed by atoms with Crippen LogP contribution < -0.4 is 5.32 Å². The van der Waals surface area contributed by atoms with E-state index in [0.717, 1.165) is 17.9 Å². The molecule has 0 saturated heterocycles. The number of aryl methyl sites for hydroxylation is 1. The third-order valence-electron chi connectivity index (χ3n) is 4.36. The standard InChI is InChI=1S/C16H23N/c1-11-5-3-4-6-15(11)12(2)17-16(13-7-8-13)14-9-10-14/h3-6,12-14,16-17H,7-10H2,1-2H3/t12-/m1/s1. The van der Waals surface area contributed by atoms with Gasteiger partial charge in [-0.25, -0.2) is 0 Å². The van der Waals surface area contributed by atoms with Crippen LogP contribution in [0.3, 0.4) is 0 Å². The van der Waals surface area contributed by atoms with Gasteiger partial charge in [0.1, 0.15) is 0 Å². The van der Waals surface area contributed by atoms with Gasteiger partial charge in [0.2, 0.25) is 0 Å². The summed E-state index contributed by atoms with van der Waals surface area (Å²) in [4.78, 5) is 0. The van der Waals surface area contributed by atoms with Gasteiger partial charge in [-0.15, -0.1) is 0 Å². The molecule has 1 atom stereocenters. The van der Waals surface area contributed by atoms with Crippen molar-refractivity contribution in [1.29, 1.82) is 0 Å². The van der Waals surface area contributed by atoms with E-state index in [9.17, 15) is 0 Å². The van der Waals surface area contributed by atoms with E-state index in [1.54, 1.807) is 0 Å². The summed E-state index contributed by atoms with van der Waals surface area (Å²) in [6, 6.07) is 10.1. The van der Waals surface area contributed by atoms with E-state index < -0.39 is 0 Å². The maximum Gasteiger partial charge on any atom is 0.0297 e. The summed E-state index contributed by atoms with van der Waals surface area (Å²) in [7, 11) is 0. The number of hydrogen-bond acceptors (Lipinski definition) is 1. The highest BCUT2D eigenvalue weighted by Crippen LogP contribution is 2.45. The van der Waals surface area contributed by atoms with E-state index in [1.165, 1.54) is 36.8 Å². The summed E-state index contributed by atoms with van der Waals surface area (Å²) in [6.45, 7) is 4.54. The van der Waals surface area contributed by atoms with Crippen LogP contribution in [0.1, 0.15) is 49.8 Å². The number of benzene rings is 1. The summed E-state index contributed by atoms with van der Waals surface area (Å²) in [6.07, 6.45) is 5.81.